The third kappa shape index (κ3) is 2.72. The quantitative estimate of drug-likeness (QED) is 0.802. The molecule has 0 saturated heterocycles. The number of nitrogens with zero attached hydrogens (tertiary/aromatic N) is 3. The van der Waals surface area contributed by atoms with Crippen molar-refractivity contribution in [3.05, 3.63) is 28.5 Å². The molecule has 0 spiro atoms. The lowest BCUT2D eigenvalue weighted by Crippen LogP contribution is -1.89. The Hall–Kier alpha value is -0.810. The molecular weight excluding hydrogens is 298 g/mol. The summed E-state index contributed by atoms with van der Waals surface area (Å²) in [5.41, 5.74) is 3.12. The lowest BCUT2D eigenvalue weighted by molar-refractivity contribution is 0.870. The van der Waals surface area contributed by atoms with Crippen LogP contribution < -0.4 is 0 Å². The first-order chi connectivity index (χ1) is 8.11. The molecule has 0 aliphatic carbocycles. The van der Waals surface area contributed by atoms with Gasteiger partial charge in [0.25, 0.3) is 0 Å². The highest BCUT2D eigenvalue weighted by Gasteiger charge is 2.14. The van der Waals surface area contributed by atoms with Gasteiger partial charge in [-0.15, -0.1) is 10.2 Å². The molecule has 17 heavy (non-hydrogen) atoms. The minimum absolute atomic E-state index is 0.299. The van der Waals surface area contributed by atoms with Crippen LogP contribution in [0.1, 0.15) is 34.6 Å². The van der Waals surface area contributed by atoms with Crippen LogP contribution in [0.2, 0.25) is 0 Å². The lowest BCUT2D eigenvalue weighted by Gasteiger charge is -2.01. The number of hydrogen-bond donors (Lipinski definition) is 0. The summed E-state index contributed by atoms with van der Waals surface area (Å²) in [6, 6.07) is 4.08. The van der Waals surface area contributed by atoms with Gasteiger partial charge in [0.1, 0.15) is 10.0 Å². The highest BCUT2D eigenvalue weighted by molar-refractivity contribution is 9.09. The van der Waals surface area contributed by atoms with Crippen LogP contribution in [0, 0.1) is 13.8 Å². The van der Waals surface area contributed by atoms with E-state index in [0.717, 1.165) is 33.4 Å². The molecule has 5 heteroatoms. The van der Waals surface area contributed by atoms with Gasteiger partial charge in [-0.25, -0.2) is 0 Å². The van der Waals surface area contributed by atoms with Crippen LogP contribution in [0.15, 0.2) is 12.1 Å². The van der Waals surface area contributed by atoms with Gasteiger partial charge < -0.3 is 0 Å². The molecule has 0 aliphatic rings. The third-order valence-corrected chi connectivity index (χ3v) is 4.98. The molecule has 0 bridgehead atoms. The smallest absolute Gasteiger partial charge is 0.149 e. The number of pyridine rings is 1. The third-order valence-electron chi connectivity index (χ3n) is 2.52. The van der Waals surface area contributed by atoms with Gasteiger partial charge in [0.15, 0.2) is 0 Å². The predicted octanol–water partition coefficient (Wildman–Crippen LogP) is 4.06. The first kappa shape index (κ1) is 12.6. The zero-order valence-electron chi connectivity index (χ0n) is 10.1. The first-order valence-corrected chi connectivity index (χ1v) is 7.27. The highest BCUT2D eigenvalue weighted by atomic mass is 79.9. The molecule has 1 atom stereocenters. The van der Waals surface area contributed by atoms with Crippen LogP contribution in [0.5, 0.6) is 0 Å². The molecule has 2 aromatic rings. The van der Waals surface area contributed by atoms with Crippen LogP contribution in [-0.4, -0.2) is 15.2 Å². The van der Waals surface area contributed by atoms with E-state index in [0.29, 0.717) is 4.83 Å². The highest BCUT2D eigenvalue weighted by Crippen LogP contribution is 2.33. The second kappa shape index (κ2) is 5.23. The molecule has 3 nitrogen and oxygen atoms in total. The maximum Gasteiger partial charge on any atom is 0.149 e. The van der Waals surface area contributed by atoms with Gasteiger partial charge in [0.2, 0.25) is 0 Å². The molecule has 0 N–H and O–H groups in total. The summed E-state index contributed by atoms with van der Waals surface area (Å²) in [6.07, 6.45) is 1.01. The molecular formula is C12H14BrN3S. The molecule has 2 heterocycles. The van der Waals surface area contributed by atoms with E-state index in [-0.39, 0.29) is 0 Å². The minimum Gasteiger partial charge on any atom is -0.258 e. The van der Waals surface area contributed by atoms with E-state index in [1.807, 2.05) is 19.9 Å². The molecule has 0 aliphatic heterocycles. The van der Waals surface area contributed by atoms with Gasteiger partial charge in [-0.1, -0.05) is 34.2 Å². The van der Waals surface area contributed by atoms with Crippen molar-refractivity contribution >= 4 is 27.3 Å². The fourth-order valence-electron chi connectivity index (χ4n) is 1.56. The number of alkyl halides is 1. The molecule has 0 fully saturated rings. The maximum absolute atomic E-state index is 4.45. The summed E-state index contributed by atoms with van der Waals surface area (Å²) in [6.45, 7) is 6.13. The van der Waals surface area contributed by atoms with Crippen molar-refractivity contribution in [3.8, 4) is 10.6 Å². The van der Waals surface area contributed by atoms with E-state index in [1.165, 1.54) is 0 Å². The average Bonchev–Trinajstić information content (AvgIpc) is 2.77. The molecule has 90 valence electrons. The summed E-state index contributed by atoms with van der Waals surface area (Å²) in [4.78, 5) is 4.75. The van der Waals surface area contributed by atoms with Gasteiger partial charge in [-0.2, -0.15) is 0 Å². The van der Waals surface area contributed by atoms with Crippen molar-refractivity contribution in [1.82, 2.24) is 15.2 Å². The number of aromatic nitrogens is 3. The Morgan fingerprint density at radius 2 is 2.06 bits per heavy atom. The van der Waals surface area contributed by atoms with Gasteiger partial charge >= 0.3 is 0 Å². The maximum atomic E-state index is 4.45. The van der Waals surface area contributed by atoms with E-state index in [9.17, 15) is 0 Å². The average molecular weight is 312 g/mol. The molecule has 0 saturated carbocycles. The molecule has 0 amide bonds. The monoisotopic (exact) mass is 311 g/mol. The standard InChI is InChI=1S/C12H14BrN3S/c1-4-10(13)12-16-15-11(17-12)9-6-5-7(2)14-8(9)3/h5-6,10H,4H2,1-3H3. The van der Waals surface area contributed by atoms with Crippen LogP contribution in [0.3, 0.4) is 0 Å². The summed E-state index contributed by atoms with van der Waals surface area (Å²) >= 11 is 5.22. The SMILES string of the molecule is CCC(Br)c1nnc(-c2ccc(C)nc2C)s1. The summed E-state index contributed by atoms with van der Waals surface area (Å²) in [5.74, 6) is 0. The van der Waals surface area contributed by atoms with Crippen molar-refractivity contribution < 1.29 is 0 Å². The topological polar surface area (TPSA) is 38.7 Å². The van der Waals surface area contributed by atoms with Crippen molar-refractivity contribution in [2.45, 2.75) is 32.0 Å². The number of rotatable bonds is 3. The number of hydrogen-bond acceptors (Lipinski definition) is 4. The minimum atomic E-state index is 0.299. The number of halogens is 1. The van der Waals surface area contributed by atoms with Crippen molar-refractivity contribution in [3.63, 3.8) is 0 Å². The Balaban J connectivity index is 2.37. The van der Waals surface area contributed by atoms with E-state index in [2.05, 4.69) is 44.1 Å². The molecule has 2 rings (SSSR count). The molecule has 0 aromatic carbocycles. The zero-order chi connectivity index (χ0) is 12.4. The van der Waals surface area contributed by atoms with Crippen LogP contribution >= 0.6 is 27.3 Å². The number of aryl methyl sites for hydroxylation is 2. The summed E-state index contributed by atoms with van der Waals surface area (Å²) in [7, 11) is 0. The Bertz CT molecular complexity index is 524. The van der Waals surface area contributed by atoms with Crippen LogP contribution in [0.25, 0.3) is 10.6 Å². The molecule has 1 unspecified atom stereocenters. The van der Waals surface area contributed by atoms with E-state index in [1.54, 1.807) is 11.3 Å². The van der Waals surface area contributed by atoms with Crippen molar-refractivity contribution in [2.75, 3.05) is 0 Å². The summed E-state index contributed by atoms with van der Waals surface area (Å²) in [5, 5.41) is 10.4. The summed E-state index contributed by atoms with van der Waals surface area (Å²) < 4.78 is 0. The van der Waals surface area contributed by atoms with E-state index >= 15 is 0 Å². The zero-order valence-corrected chi connectivity index (χ0v) is 12.5. The van der Waals surface area contributed by atoms with Crippen LogP contribution in [0.4, 0.5) is 0 Å². The normalized spacial score (nSPS) is 12.7. The first-order valence-electron chi connectivity index (χ1n) is 5.54. The van der Waals surface area contributed by atoms with Crippen LogP contribution in [-0.2, 0) is 0 Å². The Morgan fingerprint density at radius 1 is 1.29 bits per heavy atom. The fraction of sp³-hybridized carbons (Fsp3) is 0.417. The van der Waals surface area contributed by atoms with Crippen molar-refractivity contribution in [1.29, 1.82) is 0 Å². The Labute approximate surface area is 113 Å². The Kier molecular flexibility index (Phi) is 3.89. The molecule has 0 radical (unpaired) electrons. The second-order valence-corrected chi connectivity index (χ2v) is 6.02. The molecule has 2 aromatic heterocycles. The lowest BCUT2D eigenvalue weighted by atomic mass is 10.2. The van der Waals surface area contributed by atoms with Gasteiger partial charge in [-0.3, -0.25) is 4.98 Å². The van der Waals surface area contributed by atoms with Gasteiger partial charge in [0.05, 0.1) is 4.83 Å². The van der Waals surface area contributed by atoms with Gasteiger partial charge in [0, 0.05) is 17.0 Å². The van der Waals surface area contributed by atoms with Gasteiger partial charge in [-0.05, 0) is 32.4 Å². The largest absolute Gasteiger partial charge is 0.258 e. The second-order valence-electron chi connectivity index (χ2n) is 3.91. The fourth-order valence-corrected chi connectivity index (χ4v) is 2.91. The van der Waals surface area contributed by atoms with E-state index in [4.69, 9.17) is 0 Å². The van der Waals surface area contributed by atoms with Crippen molar-refractivity contribution in [2.24, 2.45) is 0 Å². The Morgan fingerprint density at radius 3 is 2.71 bits per heavy atom. The predicted molar refractivity (Wildman–Crippen MR) is 74.6 cm³/mol. The van der Waals surface area contributed by atoms with E-state index < -0.39 is 0 Å².